The minimum Gasteiger partial charge on any atom is -0.495 e. The number of carbonyl (C=O) groups excluding carboxylic acids is 1. The third-order valence-corrected chi connectivity index (χ3v) is 3.87. The minimum absolute atomic E-state index is 0.0774. The maximum Gasteiger partial charge on any atom is 0.234 e. The zero-order valence-electron chi connectivity index (χ0n) is 13.4. The molecule has 2 aromatic carbocycles. The van der Waals surface area contributed by atoms with Crippen molar-refractivity contribution in [3.05, 3.63) is 53.6 Å². The van der Waals surface area contributed by atoms with Crippen molar-refractivity contribution < 1.29 is 9.53 Å². The van der Waals surface area contributed by atoms with E-state index in [2.05, 4.69) is 5.32 Å². The van der Waals surface area contributed by atoms with Gasteiger partial charge in [-0.3, -0.25) is 4.79 Å². The van der Waals surface area contributed by atoms with Crippen LogP contribution in [0.5, 0.6) is 5.75 Å². The molecule has 3 N–H and O–H groups in total. The number of benzene rings is 2. The molecule has 22 heavy (non-hydrogen) atoms. The van der Waals surface area contributed by atoms with E-state index in [4.69, 9.17) is 10.5 Å². The van der Waals surface area contributed by atoms with Crippen molar-refractivity contribution >= 4 is 17.3 Å². The van der Waals surface area contributed by atoms with Gasteiger partial charge < -0.3 is 15.8 Å². The molecule has 0 aromatic heterocycles. The summed E-state index contributed by atoms with van der Waals surface area (Å²) >= 11 is 0. The fraction of sp³-hybridized carbons (Fsp3) is 0.278. The number of nitrogens with one attached hydrogen (secondary N) is 1. The first-order valence-corrected chi connectivity index (χ1v) is 7.17. The molecule has 2 rings (SSSR count). The lowest BCUT2D eigenvalue weighted by Crippen LogP contribution is -2.35. The van der Waals surface area contributed by atoms with E-state index in [1.165, 1.54) is 0 Å². The van der Waals surface area contributed by atoms with Crippen molar-refractivity contribution in [3.8, 4) is 5.75 Å². The predicted octanol–water partition coefficient (Wildman–Crippen LogP) is 3.50. The monoisotopic (exact) mass is 298 g/mol. The van der Waals surface area contributed by atoms with Crippen LogP contribution in [0.1, 0.15) is 25.0 Å². The lowest BCUT2D eigenvalue weighted by Gasteiger charge is -2.26. The summed E-state index contributed by atoms with van der Waals surface area (Å²) < 4.78 is 5.12. The zero-order chi connectivity index (χ0) is 16.3. The van der Waals surface area contributed by atoms with Gasteiger partial charge in [0.2, 0.25) is 5.91 Å². The van der Waals surface area contributed by atoms with Gasteiger partial charge in [0.15, 0.2) is 0 Å². The van der Waals surface area contributed by atoms with Crippen molar-refractivity contribution in [2.45, 2.75) is 26.2 Å². The number of nitrogens with two attached hydrogens (primary N) is 1. The molecular weight excluding hydrogens is 276 g/mol. The number of nitrogen functional groups attached to an aromatic ring is 1. The molecular formula is C18H22N2O2. The summed E-state index contributed by atoms with van der Waals surface area (Å²) in [5.74, 6) is 0.516. The highest BCUT2D eigenvalue weighted by Gasteiger charge is 2.31. The molecule has 0 spiro atoms. The molecule has 0 bridgehead atoms. The van der Waals surface area contributed by atoms with Gasteiger partial charge >= 0.3 is 0 Å². The van der Waals surface area contributed by atoms with Crippen LogP contribution in [-0.2, 0) is 10.2 Å². The van der Waals surface area contributed by atoms with E-state index >= 15 is 0 Å². The summed E-state index contributed by atoms with van der Waals surface area (Å²) in [7, 11) is 1.56. The summed E-state index contributed by atoms with van der Waals surface area (Å²) in [4.78, 5) is 12.7. The summed E-state index contributed by atoms with van der Waals surface area (Å²) in [6.07, 6.45) is 0. The van der Waals surface area contributed by atoms with Crippen LogP contribution in [0.15, 0.2) is 42.5 Å². The number of hydrogen-bond donors (Lipinski definition) is 2. The second-order valence-corrected chi connectivity index (χ2v) is 5.85. The van der Waals surface area contributed by atoms with Crippen molar-refractivity contribution in [2.24, 2.45) is 0 Å². The van der Waals surface area contributed by atoms with E-state index in [1.807, 2.05) is 45.0 Å². The lowest BCUT2D eigenvalue weighted by molar-refractivity contribution is -0.120. The van der Waals surface area contributed by atoms with Gasteiger partial charge in [0.1, 0.15) is 5.75 Å². The Kier molecular flexibility index (Phi) is 4.40. The highest BCUT2D eigenvalue weighted by Crippen LogP contribution is 2.29. The van der Waals surface area contributed by atoms with Crippen LogP contribution < -0.4 is 15.8 Å². The SMILES string of the molecule is COc1ccc(NC(=O)C(C)(C)c2ccccc2C)cc1N. The Morgan fingerprint density at radius 1 is 1.18 bits per heavy atom. The molecule has 0 atom stereocenters. The maximum atomic E-state index is 12.7. The molecule has 0 saturated carbocycles. The van der Waals surface area contributed by atoms with E-state index in [0.29, 0.717) is 17.1 Å². The van der Waals surface area contributed by atoms with Gasteiger partial charge in [0.25, 0.3) is 0 Å². The smallest absolute Gasteiger partial charge is 0.234 e. The van der Waals surface area contributed by atoms with Crippen LogP contribution in [0.3, 0.4) is 0 Å². The molecule has 0 heterocycles. The van der Waals surface area contributed by atoms with E-state index in [1.54, 1.807) is 25.3 Å². The van der Waals surface area contributed by atoms with Gasteiger partial charge in [0.05, 0.1) is 18.2 Å². The number of methoxy groups -OCH3 is 1. The Labute approximate surface area is 131 Å². The van der Waals surface area contributed by atoms with E-state index < -0.39 is 5.41 Å². The fourth-order valence-electron chi connectivity index (χ4n) is 2.50. The average molecular weight is 298 g/mol. The molecule has 4 heteroatoms. The molecule has 0 unspecified atom stereocenters. The Balaban J connectivity index is 2.24. The number of anilines is 2. The second-order valence-electron chi connectivity index (χ2n) is 5.85. The Morgan fingerprint density at radius 3 is 2.45 bits per heavy atom. The van der Waals surface area contributed by atoms with E-state index in [-0.39, 0.29) is 5.91 Å². The molecule has 4 nitrogen and oxygen atoms in total. The molecule has 0 fully saturated rings. The van der Waals surface area contributed by atoms with Crippen molar-refractivity contribution in [2.75, 3.05) is 18.2 Å². The lowest BCUT2D eigenvalue weighted by atomic mass is 9.81. The molecule has 1 amide bonds. The standard InChI is InChI=1S/C18H22N2O2/c1-12-7-5-6-8-14(12)18(2,3)17(21)20-13-9-10-16(22-4)15(19)11-13/h5-11H,19H2,1-4H3,(H,20,21). The van der Waals surface area contributed by atoms with Gasteiger partial charge in [-0.05, 0) is 50.1 Å². The van der Waals surface area contributed by atoms with Gasteiger partial charge in [-0.1, -0.05) is 24.3 Å². The normalized spacial score (nSPS) is 11.1. The highest BCUT2D eigenvalue weighted by atomic mass is 16.5. The number of rotatable bonds is 4. The Morgan fingerprint density at radius 2 is 1.86 bits per heavy atom. The van der Waals surface area contributed by atoms with Crippen LogP contribution in [-0.4, -0.2) is 13.0 Å². The topological polar surface area (TPSA) is 64.3 Å². The van der Waals surface area contributed by atoms with Crippen LogP contribution in [0.4, 0.5) is 11.4 Å². The van der Waals surface area contributed by atoms with Crippen LogP contribution >= 0.6 is 0 Å². The molecule has 2 aromatic rings. The quantitative estimate of drug-likeness (QED) is 0.849. The first-order chi connectivity index (χ1) is 10.4. The van der Waals surface area contributed by atoms with Gasteiger partial charge in [-0.2, -0.15) is 0 Å². The Hall–Kier alpha value is -2.49. The average Bonchev–Trinajstić information content (AvgIpc) is 2.47. The van der Waals surface area contributed by atoms with Crippen LogP contribution in [0, 0.1) is 6.92 Å². The van der Waals surface area contributed by atoms with Crippen LogP contribution in [0.2, 0.25) is 0 Å². The number of amides is 1. The summed E-state index contributed by atoms with van der Waals surface area (Å²) in [6.45, 7) is 5.84. The minimum atomic E-state index is -0.639. The summed E-state index contributed by atoms with van der Waals surface area (Å²) in [6, 6.07) is 13.1. The number of ether oxygens (including phenoxy) is 1. The molecule has 116 valence electrons. The first-order valence-electron chi connectivity index (χ1n) is 7.17. The highest BCUT2D eigenvalue weighted by molar-refractivity contribution is 5.99. The Bertz CT molecular complexity index is 693. The molecule has 0 aliphatic carbocycles. The number of carbonyl (C=O) groups is 1. The largest absolute Gasteiger partial charge is 0.495 e. The first kappa shape index (κ1) is 15.9. The van der Waals surface area contributed by atoms with Crippen molar-refractivity contribution in [1.82, 2.24) is 0 Å². The molecule has 0 aliphatic heterocycles. The second kappa shape index (κ2) is 6.10. The number of hydrogen-bond acceptors (Lipinski definition) is 3. The van der Waals surface area contributed by atoms with Gasteiger partial charge in [0, 0.05) is 5.69 Å². The zero-order valence-corrected chi connectivity index (χ0v) is 13.4. The maximum absolute atomic E-state index is 12.7. The summed E-state index contributed by atoms with van der Waals surface area (Å²) in [5.41, 5.74) is 8.49. The van der Waals surface area contributed by atoms with E-state index in [0.717, 1.165) is 11.1 Å². The molecule has 0 aliphatic rings. The number of aryl methyl sites for hydroxylation is 1. The van der Waals surface area contributed by atoms with Crippen LogP contribution in [0.25, 0.3) is 0 Å². The predicted molar refractivity (Wildman–Crippen MR) is 90.2 cm³/mol. The van der Waals surface area contributed by atoms with Crippen molar-refractivity contribution in [1.29, 1.82) is 0 Å². The molecule has 0 saturated heterocycles. The van der Waals surface area contributed by atoms with E-state index in [9.17, 15) is 4.79 Å². The fourth-order valence-corrected chi connectivity index (χ4v) is 2.50. The van der Waals surface area contributed by atoms with Gasteiger partial charge in [-0.15, -0.1) is 0 Å². The summed E-state index contributed by atoms with van der Waals surface area (Å²) in [5, 5.41) is 2.93. The van der Waals surface area contributed by atoms with Gasteiger partial charge in [-0.25, -0.2) is 0 Å². The van der Waals surface area contributed by atoms with Crippen molar-refractivity contribution in [3.63, 3.8) is 0 Å². The molecule has 0 radical (unpaired) electrons. The third-order valence-electron chi connectivity index (χ3n) is 3.87. The third kappa shape index (κ3) is 3.06.